The van der Waals surface area contributed by atoms with Crippen LogP contribution in [-0.4, -0.2) is 36.1 Å². The molecular weight excluding hydrogens is 404 g/mol. The van der Waals surface area contributed by atoms with Crippen LogP contribution in [0.3, 0.4) is 0 Å². The normalized spacial score (nSPS) is 13.7. The van der Waals surface area contributed by atoms with E-state index in [-0.39, 0.29) is 12.2 Å². The van der Waals surface area contributed by atoms with E-state index in [9.17, 15) is 4.79 Å². The fourth-order valence-electron chi connectivity index (χ4n) is 4.88. The number of fused-ring (bicyclic) bond motifs is 5. The van der Waals surface area contributed by atoms with Gasteiger partial charge in [0.25, 0.3) is 0 Å². The molecule has 1 aromatic carbocycles. The lowest BCUT2D eigenvalue weighted by Crippen LogP contribution is -2.09. The van der Waals surface area contributed by atoms with Crippen molar-refractivity contribution in [2.24, 2.45) is 0 Å². The molecule has 0 aliphatic heterocycles. The summed E-state index contributed by atoms with van der Waals surface area (Å²) in [6, 6.07) is 3.97. The molecule has 5 aromatic rings. The molecule has 0 bridgehead atoms. The van der Waals surface area contributed by atoms with Gasteiger partial charge in [-0.25, -0.2) is 9.97 Å². The number of aromatic nitrogens is 6. The molecule has 0 fully saturated rings. The van der Waals surface area contributed by atoms with Crippen LogP contribution in [0.2, 0.25) is 0 Å². The lowest BCUT2D eigenvalue weighted by atomic mass is 9.85. The molecule has 32 heavy (non-hydrogen) atoms. The average molecular weight is 426 g/mol. The highest BCUT2D eigenvalue weighted by atomic mass is 16.3. The van der Waals surface area contributed by atoms with Crippen LogP contribution in [-0.2, 0) is 19.3 Å². The van der Waals surface area contributed by atoms with Crippen molar-refractivity contribution >= 4 is 27.6 Å². The maximum absolute atomic E-state index is 13.2. The van der Waals surface area contributed by atoms with Gasteiger partial charge in [0.2, 0.25) is 0 Å². The molecule has 0 saturated heterocycles. The van der Waals surface area contributed by atoms with Crippen LogP contribution in [0.15, 0.2) is 29.0 Å². The molecule has 0 spiro atoms. The predicted molar refractivity (Wildman–Crippen MR) is 120 cm³/mol. The van der Waals surface area contributed by atoms with Gasteiger partial charge in [-0.3, -0.25) is 15.0 Å². The average Bonchev–Trinajstić information content (AvgIpc) is 3.52. The van der Waals surface area contributed by atoms with Crippen LogP contribution in [0.4, 0.5) is 0 Å². The number of carbonyl (C=O) groups excluding carboxylic acids is 1. The maximum Gasteiger partial charge on any atom is 0.191 e. The summed E-state index contributed by atoms with van der Waals surface area (Å²) >= 11 is 0. The van der Waals surface area contributed by atoms with Crippen molar-refractivity contribution in [2.45, 2.75) is 46.0 Å². The molecule has 4 aromatic heterocycles. The van der Waals surface area contributed by atoms with Crippen molar-refractivity contribution in [2.75, 3.05) is 0 Å². The Morgan fingerprint density at radius 2 is 1.91 bits per heavy atom. The first-order valence-corrected chi connectivity index (χ1v) is 10.9. The summed E-state index contributed by atoms with van der Waals surface area (Å²) in [5.41, 5.74) is 8.34. The zero-order valence-electron chi connectivity index (χ0n) is 18.0. The molecule has 1 aliphatic rings. The fourth-order valence-corrected chi connectivity index (χ4v) is 4.88. The van der Waals surface area contributed by atoms with E-state index < -0.39 is 0 Å². The number of hydrogen-bond donors (Lipinski definition) is 2. The fraction of sp³-hybridized carbons (Fsp3) is 0.292. The second-order valence-corrected chi connectivity index (χ2v) is 8.45. The third-order valence-corrected chi connectivity index (χ3v) is 6.35. The van der Waals surface area contributed by atoms with Gasteiger partial charge < -0.3 is 4.42 Å². The van der Waals surface area contributed by atoms with E-state index in [1.807, 2.05) is 25.3 Å². The SMILES string of the molecule is Cc1nc(CC(=O)c2n[nH]c3ccc4nc(-c5cn[nH]c5C)c5c(c4c23)CCCC5)co1. The van der Waals surface area contributed by atoms with Crippen molar-refractivity contribution in [1.29, 1.82) is 0 Å². The monoisotopic (exact) mass is 426 g/mol. The van der Waals surface area contributed by atoms with Crippen molar-refractivity contribution in [3.05, 3.63) is 58.7 Å². The predicted octanol–water partition coefficient (Wildman–Crippen LogP) is 4.41. The minimum Gasteiger partial charge on any atom is -0.449 e. The third kappa shape index (κ3) is 2.86. The Labute approximate surface area is 183 Å². The Morgan fingerprint density at radius 1 is 1.06 bits per heavy atom. The summed E-state index contributed by atoms with van der Waals surface area (Å²) in [6.45, 7) is 3.79. The molecule has 160 valence electrons. The van der Waals surface area contributed by atoms with Gasteiger partial charge >= 0.3 is 0 Å². The largest absolute Gasteiger partial charge is 0.449 e. The molecule has 0 amide bonds. The zero-order valence-corrected chi connectivity index (χ0v) is 18.0. The van der Waals surface area contributed by atoms with E-state index in [2.05, 4.69) is 25.4 Å². The van der Waals surface area contributed by atoms with Crippen LogP contribution in [0, 0.1) is 13.8 Å². The Hall–Kier alpha value is -3.81. The van der Waals surface area contributed by atoms with Gasteiger partial charge in [0.15, 0.2) is 11.7 Å². The summed E-state index contributed by atoms with van der Waals surface area (Å²) in [6.07, 6.45) is 7.70. The topological polar surface area (TPSA) is 113 Å². The van der Waals surface area contributed by atoms with E-state index >= 15 is 0 Å². The number of aryl methyl sites for hydroxylation is 3. The summed E-state index contributed by atoms with van der Waals surface area (Å²) < 4.78 is 5.26. The van der Waals surface area contributed by atoms with Gasteiger partial charge in [-0.05, 0) is 55.9 Å². The number of H-pyrrole nitrogens is 2. The first-order chi connectivity index (χ1) is 15.6. The first-order valence-electron chi connectivity index (χ1n) is 10.9. The van der Waals surface area contributed by atoms with Gasteiger partial charge in [-0.1, -0.05) is 0 Å². The van der Waals surface area contributed by atoms with Gasteiger partial charge in [0.1, 0.15) is 12.0 Å². The molecule has 8 nitrogen and oxygen atoms in total. The summed E-state index contributed by atoms with van der Waals surface area (Å²) in [4.78, 5) is 22.6. The number of Topliss-reactive ketones (excluding diaryl/α,β-unsaturated/α-hetero) is 1. The second-order valence-electron chi connectivity index (χ2n) is 8.45. The molecule has 0 atom stereocenters. The number of rotatable bonds is 4. The van der Waals surface area contributed by atoms with Crippen molar-refractivity contribution in [3.63, 3.8) is 0 Å². The molecule has 0 unspecified atom stereocenters. The summed E-state index contributed by atoms with van der Waals surface area (Å²) in [5.74, 6) is 0.460. The lowest BCUT2D eigenvalue weighted by molar-refractivity contribution is 0.0988. The van der Waals surface area contributed by atoms with Gasteiger partial charge in [0.05, 0.1) is 35.0 Å². The Morgan fingerprint density at radius 3 is 2.66 bits per heavy atom. The number of hydrogen-bond acceptors (Lipinski definition) is 6. The van der Waals surface area contributed by atoms with E-state index in [0.29, 0.717) is 17.3 Å². The molecule has 1 aliphatic carbocycles. The first kappa shape index (κ1) is 18.9. The van der Waals surface area contributed by atoms with E-state index in [4.69, 9.17) is 9.40 Å². The van der Waals surface area contributed by atoms with Crippen LogP contribution in [0.1, 0.15) is 51.7 Å². The molecule has 0 saturated carbocycles. The molecular formula is C24H22N6O2. The lowest BCUT2D eigenvalue weighted by Gasteiger charge is -2.21. The Balaban J connectivity index is 1.59. The third-order valence-electron chi connectivity index (χ3n) is 6.35. The van der Waals surface area contributed by atoms with Gasteiger partial charge in [-0.2, -0.15) is 10.2 Å². The van der Waals surface area contributed by atoms with Crippen LogP contribution < -0.4 is 0 Å². The molecule has 8 heteroatoms. The Bertz CT molecular complexity index is 1510. The molecule has 6 rings (SSSR count). The van der Waals surface area contributed by atoms with E-state index in [0.717, 1.165) is 64.4 Å². The molecule has 2 N–H and O–H groups in total. The van der Waals surface area contributed by atoms with Gasteiger partial charge in [-0.15, -0.1) is 0 Å². The number of nitrogens with zero attached hydrogens (tertiary/aromatic N) is 4. The van der Waals surface area contributed by atoms with E-state index in [1.54, 1.807) is 6.92 Å². The number of benzene rings is 1. The van der Waals surface area contributed by atoms with E-state index in [1.165, 1.54) is 17.4 Å². The van der Waals surface area contributed by atoms with Gasteiger partial charge in [0, 0.05) is 29.0 Å². The maximum atomic E-state index is 13.2. The van der Waals surface area contributed by atoms with Crippen LogP contribution in [0.5, 0.6) is 0 Å². The number of carbonyl (C=O) groups is 1. The zero-order chi connectivity index (χ0) is 21.8. The minimum absolute atomic E-state index is 0.0867. The number of ketones is 1. The summed E-state index contributed by atoms with van der Waals surface area (Å²) in [5, 5.41) is 16.6. The number of aromatic amines is 2. The minimum atomic E-state index is -0.0867. The van der Waals surface area contributed by atoms with Crippen molar-refractivity contribution in [3.8, 4) is 11.3 Å². The van der Waals surface area contributed by atoms with Crippen molar-refractivity contribution < 1.29 is 9.21 Å². The van der Waals surface area contributed by atoms with Crippen molar-refractivity contribution in [1.82, 2.24) is 30.4 Å². The summed E-state index contributed by atoms with van der Waals surface area (Å²) in [7, 11) is 0. The Kier molecular flexibility index (Phi) is 4.21. The number of oxazole rings is 1. The standard InChI is InChI=1S/C24H22N6O2/c1-12-17(10-25-28-12)23-16-6-4-3-5-15(16)21-18(27-23)7-8-19-22(21)24(30-29-19)20(31)9-14-11-32-13(2)26-14/h7-8,10-11H,3-6,9H2,1-2H3,(H,25,28)(H,29,30). The smallest absolute Gasteiger partial charge is 0.191 e. The highest BCUT2D eigenvalue weighted by molar-refractivity contribution is 6.17. The molecule has 0 radical (unpaired) electrons. The van der Waals surface area contributed by atoms with Crippen LogP contribution >= 0.6 is 0 Å². The number of nitrogens with one attached hydrogen (secondary N) is 2. The second kappa shape index (κ2) is 7.12. The number of pyridine rings is 1. The van der Waals surface area contributed by atoms with Crippen LogP contribution in [0.25, 0.3) is 33.1 Å². The quantitative estimate of drug-likeness (QED) is 0.412. The highest BCUT2D eigenvalue weighted by Gasteiger charge is 2.25. The highest BCUT2D eigenvalue weighted by Crippen LogP contribution is 2.39. The molecule has 4 heterocycles.